The Morgan fingerprint density at radius 1 is 1.16 bits per heavy atom. The zero-order valence-electron chi connectivity index (χ0n) is 17.7. The molecule has 7 nitrogen and oxygen atoms in total. The van der Waals surface area contributed by atoms with E-state index in [1.54, 1.807) is 43.3 Å². The fourth-order valence-electron chi connectivity index (χ4n) is 3.91. The maximum absolute atomic E-state index is 13.3. The van der Waals surface area contributed by atoms with E-state index in [4.69, 9.17) is 23.2 Å². The Kier molecular flexibility index (Phi) is 8.10. The summed E-state index contributed by atoms with van der Waals surface area (Å²) in [6.07, 6.45) is 3.78. The van der Waals surface area contributed by atoms with Crippen molar-refractivity contribution < 1.29 is 14.5 Å². The standard InChI is InChI=1S/C23H25Cl2N3O4/c1-15(23(30)26-19-7-3-4-8-19)27(14-17-10-11-18(24)13-20(17)25)22(29)12-16-6-2-5-9-21(16)28(31)32/h2,5-6,9-11,13,15,19H,3-4,7-8,12,14H2,1H3,(H,26,30). The highest BCUT2D eigenvalue weighted by Crippen LogP contribution is 2.25. The first kappa shape index (κ1) is 24.0. The summed E-state index contributed by atoms with van der Waals surface area (Å²) in [5.41, 5.74) is 0.791. The lowest BCUT2D eigenvalue weighted by Gasteiger charge is -2.30. The molecule has 2 aromatic rings. The number of rotatable bonds is 8. The van der Waals surface area contributed by atoms with Crippen molar-refractivity contribution in [3.8, 4) is 0 Å². The number of benzene rings is 2. The number of amides is 2. The van der Waals surface area contributed by atoms with Gasteiger partial charge in [-0.15, -0.1) is 0 Å². The number of carbonyl (C=O) groups is 2. The lowest BCUT2D eigenvalue weighted by atomic mass is 10.1. The van der Waals surface area contributed by atoms with Crippen LogP contribution in [0.25, 0.3) is 0 Å². The Labute approximate surface area is 196 Å². The van der Waals surface area contributed by atoms with Crippen LogP contribution in [0.5, 0.6) is 0 Å². The molecule has 3 rings (SSSR count). The van der Waals surface area contributed by atoms with Gasteiger partial charge in [0.1, 0.15) is 6.04 Å². The number of carbonyl (C=O) groups excluding carboxylic acids is 2. The molecule has 0 aromatic heterocycles. The molecule has 0 aliphatic heterocycles. The Morgan fingerprint density at radius 2 is 1.84 bits per heavy atom. The van der Waals surface area contributed by atoms with Crippen molar-refractivity contribution >= 4 is 40.7 Å². The van der Waals surface area contributed by atoms with Crippen molar-refractivity contribution in [2.75, 3.05) is 0 Å². The molecule has 1 atom stereocenters. The van der Waals surface area contributed by atoms with Gasteiger partial charge < -0.3 is 10.2 Å². The van der Waals surface area contributed by atoms with E-state index >= 15 is 0 Å². The summed E-state index contributed by atoms with van der Waals surface area (Å²) >= 11 is 12.3. The van der Waals surface area contributed by atoms with Gasteiger partial charge in [0.2, 0.25) is 11.8 Å². The first-order valence-corrected chi connectivity index (χ1v) is 11.3. The smallest absolute Gasteiger partial charge is 0.273 e. The molecule has 9 heteroatoms. The van der Waals surface area contributed by atoms with E-state index in [1.807, 2.05) is 0 Å². The second-order valence-electron chi connectivity index (χ2n) is 7.99. The lowest BCUT2D eigenvalue weighted by molar-refractivity contribution is -0.385. The lowest BCUT2D eigenvalue weighted by Crippen LogP contribution is -2.50. The predicted octanol–water partition coefficient (Wildman–Crippen LogP) is 4.92. The maximum Gasteiger partial charge on any atom is 0.273 e. The van der Waals surface area contributed by atoms with Gasteiger partial charge in [-0.2, -0.15) is 0 Å². The summed E-state index contributed by atoms with van der Waals surface area (Å²) in [5.74, 6) is -0.655. The largest absolute Gasteiger partial charge is 0.352 e. The Balaban J connectivity index is 1.85. The molecule has 0 radical (unpaired) electrons. The fourth-order valence-corrected chi connectivity index (χ4v) is 4.38. The summed E-state index contributed by atoms with van der Waals surface area (Å²) < 4.78 is 0. The number of para-hydroxylation sites is 1. The monoisotopic (exact) mass is 477 g/mol. The third-order valence-electron chi connectivity index (χ3n) is 5.75. The second kappa shape index (κ2) is 10.8. The third kappa shape index (κ3) is 5.99. The number of halogens is 2. The highest BCUT2D eigenvalue weighted by molar-refractivity contribution is 6.35. The molecule has 0 saturated heterocycles. The van der Waals surface area contributed by atoms with Crippen LogP contribution in [-0.2, 0) is 22.6 Å². The topological polar surface area (TPSA) is 92.6 Å². The minimum absolute atomic E-state index is 0.0781. The SMILES string of the molecule is CC(C(=O)NC1CCCC1)N(Cc1ccc(Cl)cc1Cl)C(=O)Cc1ccccc1[N+](=O)[O-]. The van der Waals surface area contributed by atoms with Crippen molar-refractivity contribution in [3.05, 3.63) is 73.8 Å². The van der Waals surface area contributed by atoms with Gasteiger partial charge in [-0.25, -0.2) is 0 Å². The van der Waals surface area contributed by atoms with Gasteiger partial charge in [-0.05, 0) is 37.5 Å². The molecular formula is C23H25Cl2N3O4. The molecule has 0 heterocycles. The van der Waals surface area contributed by atoms with Crippen LogP contribution in [0.2, 0.25) is 10.0 Å². The molecule has 0 spiro atoms. The fraction of sp³-hybridized carbons (Fsp3) is 0.391. The molecule has 1 N–H and O–H groups in total. The summed E-state index contributed by atoms with van der Waals surface area (Å²) in [6, 6.07) is 10.4. The Hall–Kier alpha value is -2.64. The van der Waals surface area contributed by atoms with Crippen LogP contribution in [0.4, 0.5) is 5.69 Å². The van der Waals surface area contributed by atoms with Crippen LogP contribution in [-0.4, -0.2) is 33.7 Å². The van der Waals surface area contributed by atoms with Crippen LogP contribution in [0.3, 0.4) is 0 Å². The van der Waals surface area contributed by atoms with E-state index in [9.17, 15) is 19.7 Å². The zero-order chi connectivity index (χ0) is 23.3. The number of hydrogen-bond donors (Lipinski definition) is 1. The minimum Gasteiger partial charge on any atom is -0.352 e. The van der Waals surface area contributed by atoms with E-state index < -0.39 is 16.9 Å². The second-order valence-corrected chi connectivity index (χ2v) is 8.83. The van der Waals surface area contributed by atoms with Crippen molar-refractivity contribution in [2.24, 2.45) is 0 Å². The van der Waals surface area contributed by atoms with Gasteiger partial charge in [0, 0.05) is 34.3 Å². The summed E-state index contributed by atoms with van der Waals surface area (Å²) in [6.45, 7) is 1.74. The summed E-state index contributed by atoms with van der Waals surface area (Å²) in [7, 11) is 0. The van der Waals surface area contributed by atoms with E-state index in [2.05, 4.69) is 5.32 Å². The molecule has 1 aliphatic carbocycles. The van der Waals surface area contributed by atoms with Crippen LogP contribution >= 0.6 is 23.2 Å². The molecule has 32 heavy (non-hydrogen) atoms. The molecule has 1 saturated carbocycles. The number of nitro groups is 1. The highest BCUT2D eigenvalue weighted by Gasteiger charge is 2.30. The molecule has 2 amide bonds. The Morgan fingerprint density at radius 3 is 2.50 bits per heavy atom. The maximum atomic E-state index is 13.3. The van der Waals surface area contributed by atoms with Crippen LogP contribution in [0.15, 0.2) is 42.5 Å². The van der Waals surface area contributed by atoms with E-state index in [0.717, 1.165) is 25.7 Å². The predicted molar refractivity (Wildman–Crippen MR) is 124 cm³/mol. The molecular weight excluding hydrogens is 453 g/mol. The molecule has 1 fully saturated rings. The van der Waals surface area contributed by atoms with E-state index in [1.165, 1.54) is 11.0 Å². The van der Waals surface area contributed by atoms with Crippen molar-refractivity contribution in [1.82, 2.24) is 10.2 Å². The minimum atomic E-state index is -0.780. The first-order chi connectivity index (χ1) is 15.3. The normalized spacial score (nSPS) is 14.7. The third-order valence-corrected chi connectivity index (χ3v) is 6.34. The van der Waals surface area contributed by atoms with Crippen LogP contribution in [0, 0.1) is 10.1 Å². The number of hydrogen-bond acceptors (Lipinski definition) is 4. The van der Waals surface area contributed by atoms with Crippen molar-refractivity contribution in [2.45, 2.75) is 57.7 Å². The Bertz CT molecular complexity index is 1010. The molecule has 1 aliphatic rings. The highest BCUT2D eigenvalue weighted by atomic mass is 35.5. The van der Waals surface area contributed by atoms with Gasteiger partial charge in [0.15, 0.2) is 0 Å². The summed E-state index contributed by atoms with van der Waals surface area (Å²) in [5, 5.41) is 15.2. The zero-order valence-corrected chi connectivity index (χ0v) is 19.2. The van der Waals surface area contributed by atoms with Gasteiger partial charge in [0.25, 0.3) is 5.69 Å². The van der Waals surface area contributed by atoms with E-state index in [-0.39, 0.29) is 36.2 Å². The van der Waals surface area contributed by atoms with E-state index in [0.29, 0.717) is 15.6 Å². The van der Waals surface area contributed by atoms with Crippen LogP contribution < -0.4 is 5.32 Å². The summed E-state index contributed by atoms with van der Waals surface area (Å²) in [4.78, 5) is 38.5. The number of nitrogens with zero attached hydrogens (tertiary/aromatic N) is 2. The average Bonchev–Trinajstić information content (AvgIpc) is 3.26. The average molecular weight is 478 g/mol. The molecule has 0 bridgehead atoms. The van der Waals surface area contributed by atoms with Crippen molar-refractivity contribution in [3.63, 3.8) is 0 Å². The number of nitro benzene ring substituents is 1. The van der Waals surface area contributed by atoms with Gasteiger partial charge in [-0.3, -0.25) is 19.7 Å². The van der Waals surface area contributed by atoms with Gasteiger partial charge in [-0.1, -0.05) is 60.3 Å². The molecule has 1 unspecified atom stereocenters. The first-order valence-electron chi connectivity index (χ1n) is 10.5. The van der Waals surface area contributed by atoms with Gasteiger partial charge >= 0.3 is 0 Å². The van der Waals surface area contributed by atoms with Crippen molar-refractivity contribution in [1.29, 1.82) is 0 Å². The quantitative estimate of drug-likeness (QED) is 0.431. The van der Waals surface area contributed by atoms with Crippen LogP contribution in [0.1, 0.15) is 43.7 Å². The molecule has 2 aromatic carbocycles. The number of nitrogens with one attached hydrogen (secondary N) is 1. The van der Waals surface area contributed by atoms with Gasteiger partial charge in [0.05, 0.1) is 11.3 Å². The molecule has 170 valence electrons.